The smallest absolute Gasteiger partial charge is 0.239 e. The van der Waals surface area contributed by atoms with Crippen LogP contribution in [-0.4, -0.2) is 26.3 Å². The van der Waals surface area contributed by atoms with E-state index < -0.39 is 10.0 Å². The number of aryl methyl sites for hydroxylation is 1. The molecule has 17 heavy (non-hydrogen) atoms. The van der Waals surface area contributed by atoms with Gasteiger partial charge in [-0.3, -0.25) is 4.72 Å². The van der Waals surface area contributed by atoms with E-state index in [-0.39, 0.29) is 10.7 Å². The fraction of sp³-hybridized carbons (Fsp3) is 0.300. The summed E-state index contributed by atoms with van der Waals surface area (Å²) < 4.78 is 30.7. The van der Waals surface area contributed by atoms with E-state index in [0.29, 0.717) is 11.4 Å². The van der Waals surface area contributed by atoms with Crippen LogP contribution < -0.4 is 15.2 Å². The normalized spacial score (nSPS) is 10.9. The van der Waals surface area contributed by atoms with E-state index in [0.717, 1.165) is 5.56 Å². The minimum absolute atomic E-state index is 0.0713. The molecule has 0 heterocycles. The van der Waals surface area contributed by atoms with Gasteiger partial charge in [0.1, 0.15) is 11.5 Å². The number of hydrogen-bond acceptors (Lipinski definition) is 4. The van der Waals surface area contributed by atoms with E-state index in [2.05, 4.69) is 16.9 Å². The second-order valence-electron chi connectivity index (χ2n) is 3.51. The van der Waals surface area contributed by atoms with Gasteiger partial charge in [-0.25, -0.2) is 8.42 Å². The largest absolute Gasteiger partial charge is 0.497 e. The molecule has 3 N–H and O–H groups in total. The minimum atomic E-state index is -3.55. The number of hydrogen-bond donors (Lipinski definition) is 2. The van der Waals surface area contributed by atoms with Crippen LogP contribution in [0, 0.1) is 6.92 Å². The maximum atomic E-state index is 11.6. The molecule has 0 atom stereocenters. The first kappa shape index (κ1) is 13.7. The van der Waals surface area contributed by atoms with E-state index in [1.165, 1.54) is 7.11 Å². The molecule has 0 saturated heterocycles. The van der Waals surface area contributed by atoms with Crippen molar-refractivity contribution in [1.82, 2.24) is 0 Å². The Labute approximate surface area is 106 Å². The lowest BCUT2D eigenvalue weighted by atomic mass is 10.2. The monoisotopic (exact) mass is 274 g/mol. The van der Waals surface area contributed by atoms with Crippen LogP contribution in [-0.2, 0) is 10.0 Å². The van der Waals surface area contributed by atoms with Crippen LogP contribution in [0.15, 0.2) is 18.2 Å². The Morgan fingerprint density at radius 3 is 2.71 bits per heavy atom. The molecule has 5 nitrogen and oxygen atoms in total. The number of benzene rings is 1. The summed E-state index contributed by atoms with van der Waals surface area (Å²) in [5, 5.41) is 0. The third-order valence-electron chi connectivity index (χ3n) is 2.04. The summed E-state index contributed by atoms with van der Waals surface area (Å²) in [5.74, 6) is 0.197. The highest BCUT2D eigenvalue weighted by atomic mass is 32.2. The minimum Gasteiger partial charge on any atom is -0.497 e. The molecule has 0 aliphatic carbocycles. The summed E-state index contributed by atoms with van der Waals surface area (Å²) in [7, 11) is -2.04. The topological polar surface area (TPSA) is 81.4 Å². The quantitative estimate of drug-likeness (QED) is 0.784. The summed E-state index contributed by atoms with van der Waals surface area (Å²) in [5.41, 5.74) is 6.46. The van der Waals surface area contributed by atoms with Gasteiger partial charge in [-0.2, -0.15) is 0 Å². The SMILES string of the molecule is COc1ccc(C)c(NS(=O)(=O)CC(N)=S)c1. The van der Waals surface area contributed by atoms with Gasteiger partial charge < -0.3 is 10.5 Å². The lowest BCUT2D eigenvalue weighted by Crippen LogP contribution is -2.26. The Balaban J connectivity index is 2.98. The molecule has 94 valence electrons. The summed E-state index contributed by atoms with van der Waals surface area (Å²) in [4.78, 5) is -0.0713. The van der Waals surface area contributed by atoms with Crippen LogP contribution in [0.25, 0.3) is 0 Å². The van der Waals surface area contributed by atoms with Gasteiger partial charge >= 0.3 is 0 Å². The highest BCUT2D eigenvalue weighted by Gasteiger charge is 2.13. The molecule has 0 bridgehead atoms. The zero-order valence-electron chi connectivity index (χ0n) is 9.56. The predicted molar refractivity (Wildman–Crippen MR) is 71.9 cm³/mol. The molecule has 0 aliphatic rings. The molecule has 1 aromatic rings. The van der Waals surface area contributed by atoms with Gasteiger partial charge in [0, 0.05) is 6.07 Å². The Bertz CT molecular complexity index is 526. The molecule has 0 fully saturated rings. The lowest BCUT2D eigenvalue weighted by Gasteiger charge is -2.11. The number of sulfonamides is 1. The number of nitrogens with two attached hydrogens (primary N) is 1. The number of nitrogens with one attached hydrogen (secondary N) is 1. The van der Waals surface area contributed by atoms with Crippen LogP contribution in [0.2, 0.25) is 0 Å². The molecule has 1 rings (SSSR count). The predicted octanol–water partition coefficient (Wildman–Crippen LogP) is 1.03. The molecule has 1 aromatic carbocycles. The maximum Gasteiger partial charge on any atom is 0.239 e. The van der Waals surface area contributed by atoms with Crippen molar-refractivity contribution in [2.75, 3.05) is 17.6 Å². The maximum absolute atomic E-state index is 11.6. The second-order valence-corrected chi connectivity index (χ2v) is 5.75. The van der Waals surface area contributed by atoms with Gasteiger partial charge in [0.05, 0.1) is 17.8 Å². The van der Waals surface area contributed by atoms with E-state index in [4.69, 9.17) is 10.5 Å². The van der Waals surface area contributed by atoms with Gasteiger partial charge in [-0.1, -0.05) is 18.3 Å². The zero-order valence-corrected chi connectivity index (χ0v) is 11.2. The highest BCUT2D eigenvalue weighted by molar-refractivity contribution is 7.95. The van der Waals surface area contributed by atoms with Crippen molar-refractivity contribution in [2.45, 2.75) is 6.92 Å². The molecule has 0 spiro atoms. The fourth-order valence-electron chi connectivity index (χ4n) is 1.23. The van der Waals surface area contributed by atoms with E-state index >= 15 is 0 Å². The van der Waals surface area contributed by atoms with Gasteiger partial charge in [-0.15, -0.1) is 0 Å². The van der Waals surface area contributed by atoms with Crippen molar-refractivity contribution < 1.29 is 13.2 Å². The van der Waals surface area contributed by atoms with Crippen LogP contribution in [0.3, 0.4) is 0 Å². The van der Waals surface area contributed by atoms with Crippen LogP contribution in [0.1, 0.15) is 5.56 Å². The first-order valence-electron chi connectivity index (χ1n) is 4.77. The van der Waals surface area contributed by atoms with Crippen LogP contribution in [0.5, 0.6) is 5.75 Å². The van der Waals surface area contributed by atoms with Crippen LogP contribution >= 0.6 is 12.2 Å². The molecule has 0 aliphatic heterocycles. The third kappa shape index (κ3) is 4.20. The molecule has 7 heteroatoms. The fourth-order valence-corrected chi connectivity index (χ4v) is 2.70. The molecular formula is C10H14N2O3S2. The number of ether oxygens (including phenoxy) is 1. The average Bonchev–Trinajstić information content (AvgIpc) is 2.19. The van der Waals surface area contributed by atoms with Crippen molar-refractivity contribution in [3.63, 3.8) is 0 Å². The molecule has 0 aromatic heterocycles. The Morgan fingerprint density at radius 1 is 1.53 bits per heavy atom. The molecule has 0 unspecified atom stereocenters. The van der Waals surface area contributed by atoms with Crippen molar-refractivity contribution >= 4 is 32.9 Å². The van der Waals surface area contributed by atoms with Crippen molar-refractivity contribution in [1.29, 1.82) is 0 Å². The van der Waals surface area contributed by atoms with Gasteiger partial charge in [0.2, 0.25) is 10.0 Å². The van der Waals surface area contributed by atoms with Gasteiger partial charge in [0.25, 0.3) is 0 Å². The summed E-state index contributed by atoms with van der Waals surface area (Å²) in [6.07, 6.45) is 0. The van der Waals surface area contributed by atoms with Crippen LogP contribution in [0.4, 0.5) is 5.69 Å². The van der Waals surface area contributed by atoms with E-state index in [1.54, 1.807) is 25.1 Å². The van der Waals surface area contributed by atoms with E-state index in [9.17, 15) is 8.42 Å². The molecule has 0 amide bonds. The van der Waals surface area contributed by atoms with Crippen molar-refractivity contribution in [2.24, 2.45) is 5.73 Å². The Hall–Kier alpha value is -1.34. The number of methoxy groups -OCH3 is 1. The second kappa shape index (κ2) is 5.33. The number of anilines is 1. The van der Waals surface area contributed by atoms with Crippen molar-refractivity contribution in [3.05, 3.63) is 23.8 Å². The lowest BCUT2D eigenvalue weighted by molar-refractivity contribution is 0.415. The number of thiocarbonyl (C=S) groups is 1. The Morgan fingerprint density at radius 2 is 2.18 bits per heavy atom. The number of rotatable bonds is 5. The highest BCUT2D eigenvalue weighted by Crippen LogP contribution is 2.22. The summed E-state index contributed by atoms with van der Waals surface area (Å²) in [6.45, 7) is 1.79. The molecular weight excluding hydrogens is 260 g/mol. The third-order valence-corrected chi connectivity index (χ3v) is 3.59. The van der Waals surface area contributed by atoms with Crippen molar-refractivity contribution in [3.8, 4) is 5.75 Å². The van der Waals surface area contributed by atoms with Gasteiger partial charge in [0.15, 0.2) is 0 Å². The van der Waals surface area contributed by atoms with Gasteiger partial charge in [-0.05, 0) is 18.6 Å². The summed E-state index contributed by atoms with van der Waals surface area (Å²) >= 11 is 4.58. The first-order valence-corrected chi connectivity index (χ1v) is 6.83. The standard InChI is InChI=1S/C10H14N2O3S2/c1-7-3-4-8(15-2)5-9(7)12-17(13,14)6-10(11)16/h3-5,12H,6H2,1-2H3,(H2,11,16). The molecule has 0 radical (unpaired) electrons. The summed E-state index contributed by atoms with van der Waals surface area (Å²) in [6, 6.07) is 5.12. The average molecular weight is 274 g/mol. The first-order chi connectivity index (χ1) is 7.84. The van der Waals surface area contributed by atoms with E-state index in [1.807, 2.05) is 0 Å². The zero-order chi connectivity index (χ0) is 13.1. The Kier molecular flexibility index (Phi) is 4.30. The molecule has 0 saturated carbocycles.